The summed E-state index contributed by atoms with van der Waals surface area (Å²) in [5.41, 5.74) is 3.06. The fourth-order valence-electron chi connectivity index (χ4n) is 3.15. The van der Waals surface area contributed by atoms with Crippen LogP contribution in [0.2, 0.25) is 0 Å². The second kappa shape index (κ2) is 7.43. The first-order valence-corrected chi connectivity index (χ1v) is 8.62. The Kier molecular flexibility index (Phi) is 5.09. The molecule has 1 heterocycles. The Morgan fingerprint density at radius 1 is 1.12 bits per heavy atom. The van der Waals surface area contributed by atoms with Crippen molar-refractivity contribution in [1.82, 2.24) is 4.90 Å². The van der Waals surface area contributed by atoms with Crippen LogP contribution in [-0.4, -0.2) is 23.2 Å². The first kappa shape index (κ1) is 16.4. The van der Waals surface area contributed by atoms with Gasteiger partial charge in [0.2, 0.25) is 0 Å². The molecule has 0 bridgehead atoms. The van der Waals surface area contributed by atoms with Crippen molar-refractivity contribution in [1.29, 1.82) is 0 Å². The van der Waals surface area contributed by atoms with Crippen LogP contribution in [0.4, 0.5) is 0 Å². The standard InChI is InChI=1S/C21H24N2O/c1-16-10-12-19(13-11-16)21(24)22-20-17(2)7-6-14-23(20)15-18-8-4-3-5-9-18/h3-5,8-13,17H,6-7,14-15H2,1-2H3. The molecule has 124 valence electrons. The fraction of sp³-hybridized carbons (Fsp3) is 0.333. The highest BCUT2D eigenvalue weighted by Crippen LogP contribution is 2.21. The summed E-state index contributed by atoms with van der Waals surface area (Å²) in [6.45, 7) is 5.95. The van der Waals surface area contributed by atoms with Gasteiger partial charge >= 0.3 is 0 Å². The minimum atomic E-state index is -0.142. The van der Waals surface area contributed by atoms with Crippen LogP contribution in [0, 0.1) is 12.8 Å². The number of nitrogens with zero attached hydrogens (tertiary/aromatic N) is 2. The van der Waals surface area contributed by atoms with Crippen molar-refractivity contribution in [2.75, 3.05) is 6.54 Å². The van der Waals surface area contributed by atoms with Gasteiger partial charge < -0.3 is 4.90 Å². The molecule has 1 fully saturated rings. The minimum absolute atomic E-state index is 0.142. The van der Waals surface area contributed by atoms with Gasteiger partial charge in [0.15, 0.2) is 0 Å². The lowest BCUT2D eigenvalue weighted by Crippen LogP contribution is -2.40. The van der Waals surface area contributed by atoms with Crippen LogP contribution in [-0.2, 0) is 6.54 Å². The summed E-state index contributed by atoms with van der Waals surface area (Å²) in [6.07, 6.45) is 2.23. The van der Waals surface area contributed by atoms with Crippen molar-refractivity contribution in [3.05, 3.63) is 71.3 Å². The van der Waals surface area contributed by atoms with E-state index < -0.39 is 0 Å². The average Bonchev–Trinajstić information content (AvgIpc) is 2.59. The van der Waals surface area contributed by atoms with Gasteiger partial charge in [0, 0.05) is 24.6 Å². The molecule has 0 N–H and O–H groups in total. The van der Waals surface area contributed by atoms with Crippen molar-refractivity contribution >= 4 is 11.7 Å². The average molecular weight is 320 g/mol. The second-order valence-corrected chi connectivity index (χ2v) is 6.59. The molecule has 1 atom stereocenters. The highest BCUT2D eigenvalue weighted by Gasteiger charge is 2.24. The van der Waals surface area contributed by atoms with Crippen LogP contribution in [0.25, 0.3) is 0 Å². The maximum absolute atomic E-state index is 12.6. The quantitative estimate of drug-likeness (QED) is 0.836. The number of rotatable bonds is 3. The maximum atomic E-state index is 12.6. The molecule has 0 aromatic heterocycles. The van der Waals surface area contributed by atoms with E-state index in [1.165, 1.54) is 5.56 Å². The predicted molar refractivity (Wildman–Crippen MR) is 98.2 cm³/mol. The van der Waals surface area contributed by atoms with Crippen molar-refractivity contribution in [2.45, 2.75) is 33.2 Å². The van der Waals surface area contributed by atoms with Gasteiger partial charge in [-0.15, -0.1) is 0 Å². The Hall–Kier alpha value is -2.42. The number of likely N-dealkylation sites (tertiary alicyclic amines) is 1. The van der Waals surface area contributed by atoms with E-state index >= 15 is 0 Å². The molecule has 1 aliphatic heterocycles. The van der Waals surface area contributed by atoms with Crippen molar-refractivity contribution in [2.24, 2.45) is 10.9 Å². The molecule has 0 aliphatic carbocycles. The SMILES string of the molecule is Cc1ccc(C(=O)N=C2C(C)CCCN2Cc2ccccc2)cc1. The summed E-state index contributed by atoms with van der Waals surface area (Å²) < 4.78 is 0. The van der Waals surface area contributed by atoms with Gasteiger partial charge in [-0.1, -0.05) is 55.0 Å². The van der Waals surface area contributed by atoms with E-state index in [0.29, 0.717) is 11.5 Å². The number of amides is 1. The lowest BCUT2D eigenvalue weighted by molar-refractivity contribution is 0.0999. The number of aliphatic imine (C=N–C) groups is 1. The lowest BCUT2D eigenvalue weighted by Gasteiger charge is -2.34. The van der Waals surface area contributed by atoms with Crippen LogP contribution in [0.5, 0.6) is 0 Å². The van der Waals surface area contributed by atoms with E-state index in [2.05, 4.69) is 41.1 Å². The zero-order valence-electron chi connectivity index (χ0n) is 14.4. The van der Waals surface area contributed by atoms with E-state index in [9.17, 15) is 4.79 Å². The van der Waals surface area contributed by atoms with Gasteiger partial charge in [-0.25, -0.2) is 0 Å². The van der Waals surface area contributed by atoms with E-state index in [1.807, 2.05) is 37.3 Å². The zero-order valence-corrected chi connectivity index (χ0v) is 14.4. The highest BCUT2D eigenvalue weighted by molar-refractivity contribution is 6.04. The zero-order chi connectivity index (χ0) is 16.9. The lowest BCUT2D eigenvalue weighted by atomic mass is 9.97. The molecule has 1 aliphatic rings. The van der Waals surface area contributed by atoms with Gasteiger partial charge in [-0.2, -0.15) is 4.99 Å². The van der Waals surface area contributed by atoms with E-state index in [1.54, 1.807) is 0 Å². The minimum Gasteiger partial charge on any atom is -0.355 e. The molecule has 0 saturated carbocycles. The number of hydrogen-bond donors (Lipinski definition) is 0. The number of aryl methyl sites for hydroxylation is 1. The molecule has 2 aromatic rings. The first-order chi connectivity index (χ1) is 11.6. The third-order valence-electron chi connectivity index (χ3n) is 4.56. The molecule has 3 rings (SSSR count). The van der Waals surface area contributed by atoms with Crippen molar-refractivity contribution in [3.8, 4) is 0 Å². The third kappa shape index (κ3) is 3.91. The monoisotopic (exact) mass is 320 g/mol. The molecule has 2 aromatic carbocycles. The third-order valence-corrected chi connectivity index (χ3v) is 4.56. The number of piperidine rings is 1. The molecule has 3 heteroatoms. The van der Waals surface area contributed by atoms with E-state index in [4.69, 9.17) is 0 Å². The number of benzene rings is 2. The van der Waals surface area contributed by atoms with Gasteiger partial charge in [-0.05, 0) is 37.5 Å². The molecule has 1 unspecified atom stereocenters. The number of carbonyl (C=O) groups is 1. The smallest absolute Gasteiger partial charge is 0.278 e. The van der Waals surface area contributed by atoms with Crippen LogP contribution in [0.1, 0.15) is 41.3 Å². The summed E-state index contributed by atoms with van der Waals surface area (Å²) in [7, 11) is 0. The van der Waals surface area contributed by atoms with Crippen LogP contribution in [0.3, 0.4) is 0 Å². The fourth-order valence-corrected chi connectivity index (χ4v) is 3.15. The van der Waals surface area contributed by atoms with Crippen molar-refractivity contribution < 1.29 is 4.79 Å². The van der Waals surface area contributed by atoms with Crippen LogP contribution in [0.15, 0.2) is 59.6 Å². The summed E-state index contributed by atoms with van der Waals surface area (Å²) in [6, 6.07) is 18.0. The first-order valence-electron chi connectivity index (χ1n) is 8.62. The summed E-state index contributed by atoms with van der Waals surface area (Å²) >= 11 is 0. The van der Waals surface area contributed by atoms with Gasteiger partial charge in [0.05, 0.1) is 0 Å². The Morgan fingerprint density at radius 2 is 1.83 bits per heavy atom. The second-order valence-electron chi connectivity index (χ2n) is 6.59. The van der Waals surface area contributed by atoms with Gasteiger partial charge in [0.25, 0.3) is 5.91 Å². The molecule has 1 amide bonds. The Labute approximate surface area is 144 Å². The molecular formula is C21H24N2O. The highest BCUT2D eigenvalue weighted by atomic mass is 16.1. The van der Waals surface area contributed by atoms with Crippen molar-refractivity contribution in [3.63, 3.8) is 0 Å². The topological polar surface area (TPSA) is 32.7 Å². The maximum Gasteiger partial charge on any atom is 0.278 e. The normalized spacial score (nSPS) is 19.5. The number of carbonyl (C=O) groups excluding carboxylic acids is 1. The summed E-state index contributed by atoms with van der Waals surface area (Å²) in [5, 5.41) is 0. The molecule has 3 nitrogen and oxygen atoms in total. The van der Waals surface area contributed by atoms with Crippen LogP contribution < -0.4 is 0 Å². The molecule has 1 saturated heterocycles. The van der Waals surface area contributed by atoms with E-state index in [-0.39, 0.29) is 5.91 Å². The summed E-state index contributed by atoms with van der Waals surface area (Å²) in [5.74, 6) is 1.10. The van der Waals surface area contributed by atoms with Gasteiger partial charge in [-0.3, -0.25) is 4.79 Å². The Balaban J connectivity index is 1.83. The molecule has 24 heavy (non-hydrogen) atoms. The predicted octanol–water partition coefficient (Wildman–Crippen LogP) is 4.47. The molecule has 0 radical (unpaired) electrons. The Bertz CT molecular complexity index is 719. The molecule has 0 spiro atoms. The largest absolute Gasteiger partial charge is 0.355 e. The molecular weight excluding hydrogens is 296 g/mol. The van der Waals surface area contributed by atoms with Crippen LogP contribution >= 0.6 is 0 Å². The van der Waals surface area contributed by atoms with Gasteiger partial charge in [0.1, 0.15) is 5.84 Å². The van der Waals surface area contributed by atoms with E-state index in [0.717, 1.165) is 37.3 Å². The number of hydrogen-bond acceptors (Lipinski definition) is 1. The Morgan fingerprint density at radius 3 is 2.54 bits per heavy atom. The number of amidine groups is 1. The summed E-state index contributed by atoms with van der Waals surface area (Å²) in [4.78, 5) is 19.3.